The minimum atomic E-state index is -0.839. The van der Waals surface area contributed by atoms with Crippen LogP contribution in [0.25, 0.3) is 0 Å². The number of rotatable bonds is 8. The van der Waals surface area contributed by atoms with Crippen molar-refractivity contribution in [2.24, 2.45) is 5.73 Å². The van der Waals surface area contributed by atoms with Gasteiger partial charge in [0, 0.05) is 18.6 Å². The fourth-order valence-corrected chi connectivity index (χ4v) is 1.81. The van der Waals surface area contributed by atoms with Crippen LogP contribution >= 0.6 is 0 Å². The van der Waals surface area contributed by atoms with Gasteiger partial charge < -0.3 is 15.3 Å². The van der Waals surface area contributed by atoms with Gasteiger partial charge >= 0.3 is 11.9 Å². The quantitative estimate of drug-likeness (QED) is 0.540. The Morgan fingerprint density at radius 2 is 1.92 bits per heavy atom. The standard InChI is InChI=1S/C16H18N4O4/c17-7-1-6-14(16(22)23-13-5-3-9-19-11-13)20-24-15(21)12-4-2-8-18-10-12/h2-5,8-11,14,20H,1,6-7,17H2/t14-/m0/s1. The smallest absolute Gasteiger partial charge is 0.358 e. The summed E-state index contributed by atoms with van der Waals surface area (Å²) in [5.41, 5.74) is 8.18. The third kappa shape index (κ3) is 5.41. The van der Waals surface area contributed by atoms with E-state index in [2.05, 4.69) is 15.4 Å². The van der Waals surface area contributed by atoms with Crippen LogP contribution in [0.4, 0.5) is 0 Å². The molecule has 0 amide bonds. The van der Waals surface area contributed by atoms with Crippen LogP contribution in [0, 0.1) is 0 Å². The Morgan fingerprint density at radius 1 is 1.17 bits per heavy atom. The Balaban J connectivity index is 1.94. The molecule has 0 aliphatic heterocycles. The lowest BCUT2D eigenvalue weighted by Crippen LogP contribution is -2.41. The van der Waals surface area contributed by atoms with Crippen LogP contribution < -0.4 is 16.0 Å². The second kappa shape index (κ2) is 9.33. The second-order valence-corrected chi connectivity index (χ2v) is 4.84. The molecule has 0 spiro atoms. The molecule has 0 aliphatic carbocycles. The highest BCUT2D eigenvalue weighted by atomic mass is 16.7. The number of hydroxylamine groups is 1. The van der Waals surface area contributed by atoms with E-state index in [1.165, 1.54) is 12.4 Å². The molecule has 2 rings (SSSR count). The highest BCUT2D eigenvalue weighted by Gasteiger charge is 2.22. The predicted octanol–water partition coefficient (Wildman–Crippen LogP) is 0.851. The van der Waals surface area contributed by atoms with Gasteiger partial charge in [0.15, 0.2) is 0 Å². The maximum atomic E-state index is 12.2. The van der Waals surface area contributed by atoms with Crippen molar-refractivity contribution < 1.29 is 19.2 Å². The van der Waals surface area contributed by atoms with E-state index >= 15 is 0 Å². The molecule has 0 radical (unpaired) electrons. The maximum Gasteiger partial charge on any atom is 0.358 e. The number of carbonyl (C=O) groups is 2. The van der Waals surface area contributed by atoms with Gasteiger partial charge in [-0.2, -0.15) is 0 Å². The van der Waals surface area contributed by atoms with Crippen LogP contribution in [0.2, 0.25) is 0 Å². The number of ether oxygens (including phenoxy) is 1. The van der Waals surface area contributed by atoms with Crippen LogP contribution in [0.5, 0.6) is 5.75 Å². The number of nitrogens with zero attached hydrogens (tertiary/aromatic N) is 2. The first-order chi connectivity index (χ1) is 11.7. The largest absolute Gasteiger partial charge is 0.424 e. The van der Waals surface area contributed by atoms with Gasteiger partial charge in [0.25, 0.3) is 0 Å². The van der Waals surface area contributed by atoms with Crippen LogP contribution in [0.3, 0.4) is 0 Å². The first kappa shape index (κ1) is 17.5. The van der Waals surface area contributed by atoms with E-state index in [0.29, 0.717) is 25.1 Å². The molecule has 24 heavy (non-hydrogen) atoms. The van der Waals surface area contributed by atoms with Crippen molar-refractivity contribution in [3.05, 3.63) is 54.6 Å². The molecule has 126 valence electrons. The summed E-state index contributed by atoms with van der Waals surface area (Å²) in [6.07, 6.45) is 6.81. The summed E-state index contributed by atoms with van der Waals surface area (Å²) in [5.74, 6) is -0.925. The fraction of sp³-hybridized carbons (Fsp3) is 0.250. The molecule has 0 fully saturated rings. The predicted molar refractivity (Wildman–Crippen MR) is 84.7 cm³/mol. The Morgan fingerprint density at radius 3 is 2.54 bits per heavy atom. The van der Waals surface area contributed by atoms with Crippen molar-refractivity contribution in [1.29, 1.82) is 0 Å². The summed E-state index contributed by atoms with van der Waals surface area (Å²) in [7, 11) is 0. The third-order valence-corrected chi connectivity index (χ3v) is 3.03. The highest BCUT2D eigenvalue weighted by Crippen LogP contribution is 2.09. The molecule has 0 unspecified atom stereocenters. The molecule has 2 heterocycles. The van der Waals surface area contributed by atoms with E-state index in [9.17, 15) is 9.59 Å². The summed E-state index contributed by atoms with van der Waals surface area (Å²) < 4.78 is 5.20. The zero-order chi connectivity index (χ0) is 17.2. The summed E-state index contributed by atoms with van der Waals surface area (Å²) in [5, 5.41) is 0. The molecule has 8 heteroatoms. The SMILES string of the molecule is NCCC[C@H](NOC(=O)c1cccnc1)C(=O)Oc1cccnc1. The first-order valence-corrected chi connectivity index (χ1v) is 7.39. The van der Waals surface area contributed by atoms with Gasteiger partial charge in [-0.05, 0) is 43.7 Å². The minimum absolute atomic E-state index is 0.267. The van der Waals surface area contributed by atoms with Crippen molar-refractivity contribution in [3.63, 3.8) is 0 Å². The Bertz CT molecular complexity index is 652. The molecule has 8 nitrogen and oxygen atoms in total. The Hall–Kier alpha value is -2.84. The number of aromatic nitrogens is 2. The molecular formula is C16H18N4O4. The Labute approximate surface area is 139 Å². The molecule has 0 aromatic carbocycles. The molecule has 3 N–H and O–H groups in total. The summed E-state index contributed by atoms with van der Waals surface area (Å²) in [4.78, 5) is 36.8. The average Bonchev–Trinajstić information content (AvgIpc) is 2.63. The number of esters is 1. The lowest BCUT2D eigenvalue weighted by atomic mass is 10.2. The molecular weight excluding hydrogens is 312 g/mol. The Kier molecular flexibility index (Phi) is 6.81. The zero-order valence-corrected chi connectivity index (χ0v) is 12.9. The average molecular weight is 330 g/mol. The number of nitrogens with two attached hydrogens (primary N) is 1. The normalized spacial score (nSPS) is 11.5. The summed E-state index contributed by atoms with van der Waals surface area (Å²) in [6.45, 7) is 0.398. The lowest BCUT2D eigenvalue weighted by Gasteiger charge is -2.16. The van der Waals surface area contributed by atoms with Crippen LogP contribution in [-0.2, 0) is 9.63 Å². The van der Waals surface area contributed by atoms with Crippen molar-refractivity contribution >= 4 is 11.9 Å². The van der Waals surface area contributed by atoms with E-state index in [4.69, 9.17) is 15.3 Å². The highest BCUT2D eigenvalue weighted by molar-refractivity contribution is 5.89. The molecule has 1 atom stereocenters. The molecule has 0 bridgehead atoms. The van der Waals surface area contributed by atoms with Crippen molar-refractivity contribution in [2.75, 3.05) is 6.54 Å². The number of hydrogen-bond acceptors (Lipinski definition) is 8. The van der Waals surface area contributed by atoms with Gasteiger partial charge in [0.1, 0.15) is 11.8 Å². The molecule has 0 saturated heterocycles. The van der Waals surface area contributed by atoms with E-state index < -0.39 is 18.0 Å². The number of carbonyl (C=O) groups excluding carboxylic acids is 2. The van der Waals surface area contributed by atoms with Crippen molar-refractivity contribution in [3.8, 4) is 5.75 Å². The topological polar surface area (TPSA) is 116 Å². The van der Waals surface area contributed by atoms with Gasteiger partial charge in [0.2, 0.25) is 0 Å². The minimum Gasteiger partial charge on any atom is -0.424 e. The van der Waals surface area contributed by atoms with Crippen LogP contribution in [0.15, 0.2) is 49.1 Å². The van der Waals surface area contributed by atoms with E-state index in [1.807, 2.05) is 0 Å². The van der Waals surface area contributed by atoms with E-state index in [-0.39, 0.29) is 5.56 Å². The fourth-order valence-electron chi connectivity index (χ4n) is 1.81. The van der Waals surface area contributed by atoms with Gasteiger partial charge in [-0.15, -0.1) is 5.48 Å². The van der Waals surface area contributed by atoms with Gasteiger partial charge in [0.05, 0.1) is 11.8 Å². The molecule has 2 aromatic heterocycles. The molecule has 0 aliphatic rings. The third-order valence-electron chi connectivity index (χ3n) is 3.03. The number of nitrogens with one attached hydrogen (secondary N) is 1. The zero-order valence-electron chi connectivity index (χ0n) is 12.9. The monoisotopic (exact) mass is 330 g/mol. The van der Waals surface area contributed by atoms with Gasteiger partial charge in [-0.25, -0.2) is 9.59 Å². The number of pyridine rings is 2. The van der Waals surface area contributed by atoms with Crippen LogP contribution in [-0.4, -0.2) is 34.5 Å². The maximum absolute atomic E-state index is 12.2. The van der Waals surface area contributed by atoms with E-state index in [1.54, 1.807) is 36.7 Å². The van der Waals surface area contributed by atoms with E-state index in [0.717, 1.165) is 0 Å². The van der Waals surface area contributed by atoms with Crippen molar-refractivity contribution in [1.82, 2.24) is 15.4 Å². The molecule has 0 saturated carbocycles. The summed E-state index contributed by atoms with van der Waals surface area (Å²) in [6, 6.07) is 5.58. The van der Waals surface area contributed by atoms with Gasteiger partial charge in [-0.3, -0.25) is 9.97 Å². The van der Waals surface area contributed by atoms with Crippen molar-refractivity contribution in [2.45, 2.75) is 18.9 Å². The van der Waals surface area contributed by atoms with Crippen LogP contribution in [0.1, 0.15) is 23.2 Å². The summed E-state index contributed by atoms with van der Waals surface area (Å²) >= 11 is 0. The lowest BCUT2D eigenvalue weighted by molar-refractivity contribution is -0.140. The number of hydrogen-bond donors (Lipinski definition) is 2. The second-order valence-electron chi connectivity index (χ2n) is 4.84. The first-order valence-electron chi connectivity index (χ1n) is 7.39. The van der Waals surface area contributed by atoms with Gasteiger partial charge in [-0.1, -0.05) is 0 Å². The molecule has 2 aromatic rings.